The molecule has 2 atom stereocenters. The molecule has 2 unspecified atom stereocenters. The van der Waals surface area contributed by atoms with Crippen molar-refractivity contribution in [3.05, 3.63) is 0 Å². The van der Waals surface area contributed by atoms with Crippen molar-refractivity contribution in [2.45, 2.75) is 52.6 Å². The van der Waals surface area contributed by atoms with Crippen LogP contribution in [0.1, 0.15) is 40.5 Å². The molecule has 3 N–H and O–H groups in total. The molecule has 2 amide bonds. The van der Waals surface area contributed by atoms with Gasteiger partial charge in [-0.25, -0.2) is 9.59 Å². The maximum Gasteiger partial charge on any atom is 0.326 e. The fourth-order valence-corrected chi connectivity index (χ4v) is 1.53. The predicted octanol–water partition coefficient (Wildman–Crippen LogP) is 1.38. The summed E-state index contributed by atoms with van der Waals surface area (Å²) in [5, 5.41) is 19.9. The zero-order valence-electron chi connectivity index (χ0n) is 12.6. The number of hydrogen-bond donors (Lipinski definition) is 3. The van der Waals surface area contributed by atoms with Gasteiger partial charge in [-0.1, -0.05) is 20.8 Å². The van der Waals surface area contributed by atoms with Gasteiger partial charge in [0.15, 0.2) is 0 Å². The minimum absolute atomic E-state index is 0.101. The Labute approximate surface area is 119 Å². The molecule has 0 saturated heterocycles. The molecular formula is C13H24N2O5. The van der Waals surface area contributed by atoms with Crippen molar-refractivity contribution in [3.8, 4) is 0 Å². The lowest BCUT2D eigenvalue weighted by atomic mass is 9.87. The summed E-state index contributed by atoms with van der Waals surface area (Å²) in [6.45, 7) is 7.79. The number of nitrogens with zero attached hydrogens (tertiary/aromatic N) is 1. The van der Waals surface area contributed by atoms with E-state index >= 15 is 0 Å². The number of hydrogen-bond acceptors (Lipinski definition) is 3. The second kappa shape index (κ2) is 7.12. The van der Waals surface area contributed by atoms with Crippen LogP contribution in [0, 0.1) is 5.41 Å². The lowest BCUT2D eigenvalue weighted by molar-refractivity contribution is -0.140. The fourth-order valence-electron chi connectivity index (χ4n) is 1.53. The second-order valence-corrected chi connectivity index (χ2v) is 5.93. The van der Waals surface area contributed by atoms with Crippen LogP contribution >= 0.6 is 0 Å². The Kier molecular flexibility index (Phi) is 6.48. The third kappa shape index (κ3) is 5.90. The number of amides is 2. The van der Waals surface area contributed by atoms with Crippen molar-refractivity contribution in [2.75, 3.05) is 7.05 Å². The van der Waals surface area contributed by atoms with Crippen LogP contribution in [0.3, 0.4) is 0 Å². The summed E-state index contributed by atoms with van der Waals surface area (Å²) in [5.74, 6) is -2.33. The maximum absolute atomic E-state index is 12.0. The molecule has 0 spiro atoms. The summed E-state index contributed by atoms with van der Waals surface area (Å²) in [7, 11) is 1.58. The molecule has 0 aliphatic carbocycles. The van der Waals surface area contributed by atoms with Crippen LogP contribution in [-0.4, -0.2) is 52.2 Å². The van der Waals surface area contributed by atoms with E-state index in [1.54, 1.807) is 7.05 Å². The highest BCUT2D eigenvalue weighted by Crippen LogP contribution is 2.23. The number of carbonyl (C=O) groups excluding carboxylic acids is 1. The van der Waals surface area contributed by atoms with Crippen LogP contribution in [-0.2, 0) is 9.59 Å². The van der Waals surface area contributed by atoms with E-state index in [2.05, 4.69) is 5.32 Å². The molecule has 0 aliphatic rings. The van der Waals surface area contributed by atoms with Gasteiger partial charge in [0.25, 0.3) is 0 Å². The Morgan fingerprint density at radius 2 is 1.70 bits per heavy atom. The molecule has 0 aromatic rings. The quantitative estimate of drug-likeness (QED) is 0.684. The van der Waals surface area contributed by atoms with Crippen molar-refractivity contribution in [1.29, 1.82) is 0 Å². The van der Waals surface area contributed by atoms with Crippen LogP contribution in [0.5, 0.6) is 0 Å². The Bertz CT molecular complexity index is 375. The van der Waals surface area contributed by atoms with Gasteiger partial charge in [-0.3, -0.25) is 4.79 Å². The maximum atomic E-state index is 12.0. The molecular weight excluding hydrogens is 264 g/mol. The van der Waals surface area contributed by atoms with Crippen LogP contribution in [0.4, 0.5) is 4.79 Å². The fraction of sp³-hybridized carbons (Fsp3) is 0.769. The Balaban J connectivity index is 4.68. The molecule has 0 rings (SSSR count). The van der Waals surface area contributed by atoms with Gasteiger partial charge in [-0.2, -0.15) is 0 Å². The Morgan fingerprint density at radius 1 is 1.20 bits per heavy atom. The van der Waals surface area contributed by atoms with Crippen LogP contribution in [0.2, 0.25) is 0 Å². The van der Waals surface area contributed by atoms with Gasteiger partial charge in [-0.05, 0) is 18.8 Å². The zero-order valence-corrected chi connectivity index (χ0v) is 12.6. The molecule has 0 bridgehead atoms. The molecule has 0 aliphatic heterocycles. The van der Waals surface area contributed by atoms with Gasteiger partial charge in [-0.15, -0.1) is 0 Å². The third-order valence-corrected chi connectivity index (χ3v) is 3.40. The molecule has 0 aromatic carbocycles. The van der Waals surface area contributed by atoms with Crippen molar-refractivity contribution in [2.24, 2.45) is 5.41 Å². The summed E-state index contributed by atoms with van der Waals surface area (Å²) >= 11 is 0. The summed E-state index contributed by atoms with van der Waals surface area (Å²) in [5.41, 5.74) is -0.147. The number of nitrogens with one attached hydrogen (secondary N) is 1. The van der Waals surface area contributed by atoms with E-state index < -0.39 is 24.0 Å². The Hall–Kier alpha value is -1.79. The number of carbonyl (C=O) groups is 3. The van der Waals surface area contributed by atoms with Crippen molar-refractivity contribution in [3.63, 3.8) is 0 Å². The van der Waals surface area contributed by atoms with Gasteiger partial charge in [0, 0.05) is 19.5 Å². The van der Waals surface area contributed by atoms with E-state index in [4.69, 9.17) is 10.2 Å². The molecule has 0 saturated carbocycles. The molecule has 0 heterocycles. The van der Waals surface area contributed by atoms with E-state index in [1.165, 1.54) is 4.90 Å². The number of carboxylic acid groups (broad SMARTS) is 2. The minimum atomic E-state index is -1.24. The van der Waals surface area contributed by atoms with Gasteiger partial charge in [0.05, 0.1) is 0 Å². The lowest BCUT2D eigenvalue weighted by Gasteiger charge is -2.35. The Morgan fingerprint density at radius 3 is 2.05 bits per heavy atom. The first-order valence-corrected chi connectivity index (χ1v) is 6.44. The molecule has 0 radical (unpaired) electrons. The topological polar surface area (TPSA) is 107 Å². The average molecular weight is 288 g/mol. The van der Waals surface area contributed by atoms with Gasteiger partial charge < -0.3 is 20.4 Å². The molecule has 116 valence electrons. The molecule has 20 heavy (non-hydrogen) atoms. The first-order chi connectivity index (χ1) is 8.96. The van der Waals surface area contributed by atoms with Crippen molar-refractivity contribution < 1.29 is 24.6 Å². The van der Waals surface area contributed by atoms with Gasteiger partial charge >= 0.3 is 18.0 Å². The van der Waals surface area contributed by atoms with Gasteiger partial charge in [0.2, 0.25) is 0 Å². The largest absolute Gasteiger partial charge is 0.481 e. The number of rotatable bonds is 6. The van der Waals surface area contributed by atoms with Crippen LogP contribution in [0.25, 0.3) is 0 Å². The highest BCUT2D eigenvalue weighted by atomic mass is 16.4. The van der Waals surface area contributed by atoms with Crippen molar-refractivity contribution >= 4 is 18.0 Å². The van der Waals surface area contributed by atoms with E-state index in [0.717, 1.165) is 0 Å². The average Bonchev–Trinajstić information content (AvgIpc) is 2.30. The highest BCUT2D eigenvalue weighted by molar-refractivity contribution is 5.83. The van der Waals surface area contributed by atoms with Crippen molar-refractivity contribution in [1.82, 2.24) is 10.2 Å². The van der Waals surface area contributed by atoms with Crippen LogP contribution in [0.15, 0.2) is 0 Å². The monoisotopic (exact) mass is 288 g/mol. The molecule has 7 heteroatoms. The van der Waals surface area contributed by atoms with Crippen LogP contribution < -0.4 is 5.32 Å². The van der Waals surface area contributed by atoms with E-state index in [1.807, 2.05) is 27.7 Å². The SMILES string of the molecule is CC(N(C)C(=O)NC(CCC(=O)O)C(=O)O)C(C)(C)C. The normalized spacial score (nSPS) is 14.2. The standard InChI is InChI=1S/C13H24N2O5/c1-8(13(2,3)4)15(5)12(20)14-9(11(18)19)6-7-10(16)17/h8-9H,6-7H2,1-5H3,(H,14,20)(H,16,17)(H,18,19). The van der Waals surface area contributed by atoms with E-state index in [0.29, 0.717) is 0 Å². The number of aliphatic carboxylic acids is 2. The van der Waals surface area contributed by atoms with Gasteiger partial charge in [0.1, 0.15) is 6.04 Å². The molecule has 0 aromatic heterocycles. The lowest BCUT2D eigenvalue weighted by Crippen LogP contribution is -2.52. The molecule has 7 nitrogen and oxygen atoms in total. The first kappa shape index (κ1) is 18.2. The van der Waals surface area contributed by atoms with E-state index in [9.17, 15) is 14.4 Å². The smallest absolute Gasteiger partial charge is 0.326 e. The number of urea groups is 1. The minimum Gasteiger partial charge on any atom is -0.481 e. The van der Waals surface area contributed by atoms with E-state index in [-0.39, 0.29) is 24.3 Å². The highest BCUT2D eigenvalue weighted by Gasteiger charge is 2.29. The summed E-state index contributed by atoms with van der Waals surface area (Å²) in [6, 6.07) is -1.82. The molecule has 0 fully saturated rings. The third-order valence-electron chi connectivity index (χ3n) is 3.40. The first-order valence-electron chi connectivity index (χ1n) is 6.44. The summed E-state index contributed by atoms with van der Waals surface area (Å²) < 4.78 is 0. The predicted molar refractivity (Wildman–Crippen MR) is 73.5 cm³/mol. The summed E-state index contributed by atoms with van der Waals surface area (Å²) in [6.07, 6.45) is -0.454. The zero-order chi connectivity index (χ0) is 16.1. The second-order valence-electron chi connectivity index (χ2n) is 5.93. The summed E-state index contributed by atoms with van der Waals surface area (Å²) in [4.78, 5) is 34.9. The number of carboxylic acids is 2.